The van der Waals surface area contributed by atoms with Gasteiger partial charge in [-0.1, -0.05) is 12.1 Å². The first-order valence-electron chi connectivity index (χ1n) is 5.78. The van der Waals surface area contributed by atoms with Gasteiger partial charge in [-0.2, -0.15) is 5.10 Å². The van der Waals surface area contributed by atoms with E-state index in [4.69, 9.17) is 5.11 Å². The summed E-state index contributed by atoms with van der Waals surface area (Å²) >= 11 is 4.26. The van der Waals surface area contributed by atoms with Gasteiger partial charge in [-0.05, 0) is 34.1 Å². The fourth-order valence-corrected chi connectivity index (χ4v) is 3.41. The van der Waals surface area contributed by atoms with Gasteiger partial charge in [-0.25, -0.2) is 18.3 Å². The van der Waals surface area contributed by atoms with Crippen LogP contribution in [0.3, 0.4) is 0 Å². The minimum Gasteiger partial charge on any atom is -0.477 e. The van der Waals surface area contributed by atoms with Crippen LogP contribution < -0.4 is 0 Å². The van der Waals surface area contributed by atoms with Crippen molar-refractivity contribution in [3.05, 3.63) is 45.4 Å². The molecule has 21 heavy (non-hydrogen) atoms. The van der Waals surface area contributed by atoms with Crippen molar-refractivity contribution in [2.24, 2.45) is 0 Å². The number of rotatable bonds is 3. The van der Waals surface area contributed by atoms with Crippen molar-refractivity contribution in [3.63, 3.8) is 0 Å². The molecule has 0 saturated carbocycles. The second-order valence-electron chi connectivity index (χ2n) is 4.18. The molecule has 3 aromatic rings. The fraction of sp³-hybridized carbons (Fsp3) is 0.0769. The zero-order chi connectivity index (χ0) is 15.1. The Balaban J connectivity index is 2.32. The van der Waals surface area contributed by atoms with Gasteiger partial charge < -0.3 is 5.11 Å². The number of hydrogen-bond donors (Lipinski definition) is 1. The lowest BCUT2D eigenvalue weighted by molar-refractivity contribution is 0.0702. The van der Waals surface area contributed by atoms with E-state index in [0.717, 1.165) is 11.3 Å². The highest BCUT2D eigenvalue weighted by Gasteiger charge is 2.24. The SMILES string of the molecule is O=C(O)c1cc2c(C(F)F)nn(-c3ccccc3Br)c2s1. The van der Waals surface area contributed by atoms with Gasteiger partial charge in [0.05, 0.1) is 5.69 Å². The molecule has 2 aromatic heterocycles. The third-order valence-electron chi connectivity index (χ3n) is 2.89. The van der Waals surface area contributed by atoms with Crippen molar-refractivity contribution in [2.75, 3.05) is 0 Å². The van der Waals surface area contributed by atoms with Crippen molar-refractivity contribution in [1.82, 2.24) is 9.78 Å². The van der Waals surface area contributed by atoms with E-state index >= 15 is 0 Å². The summed E-state index contributed by atoms with van der Waals surface area (Å²) in [6.45, 7) is 0. The molecule has 2 heterocycles. The van der Waals surface area contributed by atoms with E-state index in [-0.39, 0.29) is 10.3 Å². The van der Waals surface area contributed by atoms with E-state index in [2.05, 4.69) is 21.0 Å². The van der Waals surface area contributed by atoms with Crippen molar-refractivity contribution < 1.29 is 18.7 Å². The number of halogens is 3. The van der Waals surface area contributed by atoms with Crippen LogP contribution >= 0.6 is 27.3 Å². The van der Waals surface area contributed by atoms with Gasteiger partial charge in [0.25, 0.3) is 6.43 Å². The molecule has 0 amide bonds. The predicted molar refractivity (Wildman–Crippen MR) is 78.6 cm³/mol. The molecule has 0 bridgehead atoms. The van der Waals surface area contributed by atoms with Crippen molar-refractivity contribution >= 4 is 43.5 Å². The molecule has 4 nitrogen and oxygen atoms in total. The maximum atomic E-state index is 13.1. The lowest BCUT2D eigenvalue weighted by atomic mass is 10.3. The topological polar surface area (TPSA) is 55.1 Å². The van der Waals surface area contributed by atoms with Crippen LogP contribution in [0.25, 0.3) is 15.9 Å². The Labute approximate surface area is 129 Å². The van der Waals surface area contributed by atoms with Crippen LogP contribution in [0.1, 0.15) is 21.8 Å². The van der Waals surface area contributed by atoms with Gasteiger partial charge in [-0.15, -0.1) is 11.3 Å². The van der Waals surface area contributed by atoms with E-state index in [1.165, 1.54) is 10.7 Å². The fourth-order valence-electron chi connectivity index (χ4n) is 1.98. The lowest BCUT2D eigenvalue weighted by Crippen LogP contribution is -1.98. The molecule has 0 radical (unpaired) electrons. The number of hydrogen-bond acceptors (Lipinski definition) is 3. The van der Waals surface area contributed by atoms with Crippen LogP contribution in [0, 0.1) is 0 Å². The number of carbonyl (C=O) groups is 1. The Morgan fingerprint density at radius 1 is 1.38 bits per heavy atom. The van der Waals surface area contributed by atoms with E-state index in [0.29, 0.717) is 15.0 Å². The number of nitrogens with zero attached hydrogens (tertiary/aromatic N) is 2. The maximum absolute atomic E-state index is 13.1. The van der Waals surface area contributed by atoms with E-state index < -0.39 is 18.1 Å². The first-order chi connectivity index (χ1) is 9.99. The number of aromatic carboxylic acids is 1. The molecule has 108 valence electrons. The Morgan fingerprint density at radius 2 is 2.10 bits per heavy atom. The minimum atomic E-state index is -2.77. The second kappa shape index (κ2) is 5.19. The Morgan fingerprint density at radius 3 is 2.71 bits per heavy atom. The summed E-state index contributed by atoms with van der Waals surface area (Å²) < 4.78 is 28.2. The van der Waals surface area contributed by atoms with Crippen molar-refractivity contribution in [2.45, 2.75) is 6.43 Å². The number of aromatic nitrogens is 2. The number of para-hydroxylation sites is 1. The molecule has 0 aliphatic heterocycles. The average Bonchev–Trinajstić information content (AvgIpc) is 2.98. The van der Waals surface area contributed by atoms with Gasteiger partial charge >= 0.3 is 5.97 Å². The van der Waals surface area contributed by atoms with Crippen molar-refractivity contribution in [1.29, 1.82) is 0 Å². The highest BCUT2D eigenvalue weighted by molar-refractivity contribution is 9.10. The summed E-state index contributed by atoms with van der Waals surface area (Å²) in [5, 5.41) is 13.1. The minimum absolute atomic E-state index is 0.00473. The maximum Gasteiger partial charge on any atom is 0.345 e. The third kappa shape index (κ3) is 2.34. The Bertz CT molecular complexity index is 844. The third-order valence-corrected chi connectivity index (χ3v) is 4.66. The van der Waals surface area contributed by atoms with E-state index in [1.54, 1.807) is 24.3 Å². The molecule has 0 aliphatic rings. The van der Waals surface area contributed by atoms with Gasteiger partial charge in [0.2, 0.25) is 0 Å². The monoisotopic (exact) mass is 372 g/mol. The zero-order valence-electron chi connectivity index (χ0n) is 10.3. The zero-order valence-corrected chi connectivity index (χ0v) is 12.7. The number of benzene rings is 1. The first-order valence-corrected chi connectivity index (χ1v) is 7.39. The van der Waals surface area contributed by atoms with Gasteiger partial charge in [0.1, 0.15) is 15.4 Å². The van der Waals surface area contributed by atoms with Crippen LogP contribution in [0.15, 0.2) is 34.8 Å². The molecule has 1 N–H and O–H groups in total. The highest BCUT2D eigenvalue weighted by atomic mass is 79.9. The van der Waals surface area contributed by atoms with Crippen LogP contribution in [-0.4, -0.2) is 20.9 Å². The molecular weight excluding hydrogens is 366 g/mol. The molecule has 0 unspecified atom stereocenters. The van der Waals surface area contributed by atoms with Gasteiger partial charge in [0, 0.05) is 9.86 Å². The van der Waals surface area contributed by atoms with E-state index in [9.17, 15) is 13.6 Å². The summed E-state index contributed by atoms with van der Waals surface area (Å²) in [7, 11) is 0. The quantitative estimate of drug-likeness (QED) is 0.736. The van der Waals surface area contributed by atoms with Crippen molar-refractivity contribution in [3.8, 4) is 5.69 Å². The number of fused-ring (bicyclic) bond motifs is 1. The molecule has 0 spiro atoms. The second-order valence-corrected chi connectivity index (χ2v) is 6.07. The smallest absolute Gasteiger partial charge is 0.345 e. The summed E-state index contributed by atoms with van der Waals surface area (Å²) in [5.41, 5.74) is 0.165. The normalized spacial score (nSPS) is 11.4. The molecule has 0 saturated heterocycles. The number of alkyl halides is 2. The van der Waals surface area contributed by atoms with Crippen LogP contribution in [-0.2, 0) is 0 Å². The molecule has 0 atom stereocenters. The highest BCUT2D eigenvalue weighted by Crippen LogP contribution is 2.36. The molecule has 0 fully saturated rings. The summed E-state index contributed by atoms with van der Waals surface area (Å²) in [6, 6.07) is 8.26. The predicted octanol–water partition coefficient (Wildman–Crippen LogP) is 4.49. The van der Waals surface area contributed by atoms with Crippen LogP contribution in [0.2, 0.25) is 0 Å². The summed E-state index contributed by atoms with van der Waals surface area (Å²) in [4.78, 5) is 11.4. The summed E-state index contributed by atoms with van der Waals surface area (Å²) in [5.74, 6) is -1.14. The van der Waals surface area contributed by atoms with Crippen LogP contribution in [0.4, 0.5) is 8.78 Å². The summed E-state index contributed by atoms with van der Waals surface area (Å²) in [6.07, 6.45) is -2.77. The Kier molecular flexibility index (Phi) is 3.50. The lowest BCUT2D eigenvalue weighted by Gasteiger charge is -2.04. The molecular formula is C13H7BrF2N2O2S. The largest absolute Gasteiger partial charge is 0.477 e. The number of carboxylic acids is 1. The molecule has 1 aromatic carbocycles. The van der Waals surface area contributed by atoms with Gasteiger partial charge in [0.15, 0.2) is 0 Å². The number of carboxylic acid groups (broad SMARTS) is 1. The van der Waals surface area contributed by atoms with E-state index in [1.807, 2.05) is 0 Å². The average molecular weight is 373 g/mol. The standard InChI is InChI=1S/C13H7BrF2N2O2S/c14-7-3-1-2-4-8(7)18-12-6(10(17-18)11(15)16)5-9(21-12)13(19)20/h1-5,11H,(H,19,20). The van der Waals surface area contributed by atoms with Gasteiger partial charge in [-0.3, -0.25) is 0 Å². The van der Waals surface area contributed by atoms with Crippen LogP contribution in [0.5, 0.6) is 0 Å². The molecule has 8 heteroatoms. The Hall–Kier alpha value is -1.80. The first kappa shape index (κ1) is 14.2. The molecule has 3 rings (SSSR count). The molecule has 0 aliphatic carbocycles. The number of thiophene rings is 1.